The first-order valence-electron chi connectivity index (χ1n) is 9.87. The van der Waals surface area contributed by atoms with Gasteiger partial charge in [0.2, 0.25) is 0 Å². The molecule has 0 fully saturated rings. The van der Waals surface area contributed by atoms with Gasteiger partial charge in [-0.15, -0.1) is 0 Å². The number of nitrogen functional groups attached to an aromatic ring is 1. The number of allylic oxidation sites excluding steroid dienone is 1. The number of hydrogen-bond donors (Lipinski definition) is 1. The minimum atomic E-state index is -1.83. The summed E-state index contributed by atoms with van der Waals surface area (Å²) in [6, 6.07) is 40.8. The molecule has 0 saturated heterocycles. The molecule has 0 atom stereocenters. The van der Waals surface area contributed by atoms with Crippen LogP contribution in [0.3, 0.4) is 0 Å². The summed E-state index contributed by atoms with van der Waals surface area (Å²) < 4.78 is 0. The average molecular weight is 394 g/mol. The molecule has 2 heteroatoms. The summed E-state index contributed by atoms with van der Waals surface area (Å²) in [5.74, 6) is 0. The van der Waals surface area contributed by atoms with Crippen molar-refractivity contribution in [3.05, 3.63) is 127 Å². The Kier molecular flexibility index (Phi) is 5.89. The molecule has 0 unspecified atom stereocenters. The Morgan fingerprint density at radius 1 is 0.552 bits per heavy atom. The summed E-state index contributed by atoms with van der Waals surface area (Å²) in [6.07, 6.45) is 5.41. The molecule has 0 radical (unpaired) electrons. The first-order chi connectivity index (χ1) is 14.3. The van der Waals surface area contributed by atoms with Crippen LogP contribution < -0.4 is 21.6 Å². The van der Waals surface area contributed by atoms with Gasteiger partial charge in [0.05, 0.1) is 6.16 Å². The molecule has 4 rings (SSSR count). The maximum Gasteiger partial charge on any atom is 0.115 e. The van der Waals surface area contributed by atoms with Crippen molar-refractivity contribution in [3.8, 4) is 0 Å². The highest BCUT2D eigenvalue weighted by Gasteiger charge is 2.44. The topological polar surface area (TPSA) is 26.0 Å². The minimum absolute atomic E-state index is 0.812. The summed E-state index contributed by atoms with van der Waals surface area (Å²) in [7, 11) is -1.83. The van der Waals surface area contributed by atoms with Crippen molar-refractivity contribution in [1.82, 2.24) is 0 Å². The smallest absolute Gasteiger partial charge is 0.115 e. The van der Waals surface area contributed by atoms with E-state index in [9.17, 15) is 0 Å². The molecule has 0 aliphatic rings. The van der Waals surface area contributed by atoms with Crippen molar-refractivity contribution in [2.75, 3.05) is 11.9 Å². The van der Waals surface area contributed by atoms with Crippen LogP contribution in [0.5, 0.6) is 0 Å². The molecule has 1 nitrogen and oxygen atoms in total. The predicted molar refractivity (Wildman–Crippen MR) is 130 cm³/mol. The second-order valence-electron chi connectivity index (χ2n) is 7.03. The number of hydrogen-bond acceptors (Lipinski definition) is 1. The van der Waals surface area contributed by atoms with Gasteiger partial charge in [0.1, 0.15) is 23.2 Å². The van der Waals surface area contributed by atoms with Gasteiger partial charge in [-0.25, -0.2) is 0 Å². The molecule has 0 bridgehead atoms. The minimum Gasteiger partial charge on any atom is -0.398 e. The molecule has 0 aliphatic carbocycles. The maximum absolute atomic E-state index is 6.16. The molecule has 29 heavy (non-hydrogen) atoms. The Bertz CT molecular complexity index is 976. The van der Waals surface area contributed by atoms with Crippen molar-refractivity contribution in [2.24, 2.45) is 0 Å². The molecule has 0 aliphatic heterocycles. The van der Waals surface area contributed by atoms with Crippen molar-refractivity contribution < 1.29 is 0 Å². The second kappa shape index (κ2) is 8.90. The van der Waals surface area contributed by atoms with Gasteiger partial charge < -0.3 is 5.73 Å². The van der Waals surface area contributed by atoms with E-state index < -0.39 is 7.26 Å². The van der Waals surface area contributed by atoms with Gasteiger partial charge in [-0.05, 0) is 54.1 Å². The predicted octanol–water partition coefficient (Wildman–Crippen LogP) is 5.28. The molecule has 4 aromatic rings. The van der Waals surface area contributed by atoms with Crippen molar-refractivity contribution in [1.29, 1.82) is 0 Å². The number of para-hydroxylation sites is 1. The SMILES string of the molecule is Nc1ccccc1/C=C/C[P+](c1ccccc1)(c1ccccc1)c1ccccc1. The van der Waals surface area contributed by atoms with Crippen molar-refractivity contribution in [3.63, 3.8) is 0 Å². The van der Waals surface area contributed by atoms with Crippen LogP contribution in [0.1, 0.15) is 5.56 Å². The van der Waals surface area contributed by atoms with Crippen LogP contribution in [-0.2, 0) is 0 Å². The van der Waals surface area contributed by atoms with Crippen molar-refractivity contribution >= 4 is 34.9 Å². The van der Waals surface area contributed by atoms with E-state index in [4.69, 9.17) is 5.73 Å². The zero-order chi connectivity index (χ0) is 19.9. The van der Waals surface area contributed by atoms with Crippen LogP contribution in [0.4, 0.5) is 5.69 Å². The third-order valence-electron chi connectivity index (χ3n) is 5.26. The first-order valence-corrected chi connectivity index (χ1v) is 11.8. The van der Waals surface area contributed by atoms with Crippen LogP contribution in [0, 0.1) is 0 Å². The molecule has 4 aromatic carbocycles. The van der Waals surface area contributed by atoms with E-state index in [1.54, 1.807) is 0 Å². The van der Waals surface area contributed by atoms with E-state index in [0.29, 0.717) is 0 Å². The molecule has 2 N–H and O–H groups in total. The fraction of sp³-hybridized carbons (Fsp3) is 0.0370. The molecular formula is C27H25NP+. The van der Waals surface area contributed by atoms with Gasteiger partial charge in [-0.3, -0.25) is 0 Å². The molecule has 142 valence electrons. The summed E-state index contributed by atoms with van der Waals surface area (Å²) in [6.45, 7) is 0. The van der Waals surface area contributed by atoms with E-state index in [1.165, 1.54) is 15.9 Å². The van der Waals surface area contributed by atoms with E-state index in [1.807, 2.05) is 18.2 Å². The molecule has 0 heterocycles. The number of rotatable bonds is 6. The monoisotopic (exact) mass is 394 g/mol. The van der Waals surface area contributed by atoms with E-state index >= 15 is 0 Å². The summed E-state index contributed by atoms with van der Waals surface area (Å²) in [5.41, 5.74) is 8.04. The van der Waals surface area contributed by atoms with E-state index in [-0.39, 0.29) is 0 Å². The Labute approximate surface area is 173 Å². The first kappa shape index (κ1) is 19.2. The Hall–Kier alpha value is -3.15. The third kappa shape index (κ3) is 4.01. The number of benzene rings is 4. The Morgan fingerprint density at radius 2 is 0.966 bits per heavy atom. The van der Waals surface area contributed by atoms with E-state index in [0.717, 1.165) is 17.4 Å². The van der Waals surface area contributed by atoms with Gasteiger partial charge in [0.15, 0.2) is 0 Å². The van der Waals surface area contributed by atoms with Crippen LogP contribution in [0.25, 0.3) is 6.08 Å². The highest BCUT2D eigenvalue weighted by Crippen LogP contribution is 2.55. The quantitative estimate of drug-likeness (QED) is 0.350. The average Bonchev–Trinajstić information content (AvgIpc) is 2.80. The molecule has 0 aromatic heterocycles. The number of anilines is 1. The van der Waals surface area contributed by atoms with Gasteiger partial charge >= 0.3 is 0 Å². The van der Waals surface area contributed by atoms with Crippen LogP contribution in [-0.4, -0.2) is 6.16 Å². The fourth-order valence-electron chi connectivity index (χ4n) is 3.81. The zero-order valence-corrected chi connectivity index (χ0v) is 17.3. The molecule has 0 spiro atoms. The second-order valence-corrected chi connectivity index (χ2v) is 10.6. The molecular weight excluding hydrogens is 369 g/mol. The van der Waals surface area contributed by atoms with E-state index in [2.05, 4.69) is 109 Å². The lowest BCUT2D eigenvalue weighted by molar-refractivity contribution is 1.62. The standard InChI is InChI=1S/C27H25NP/c28-27-21-11-10-13-23(27)14-12-22-29(24-15-4-1-5-16-24,25-17-6-2-7-18-25)26-19-8-3-9-20-26/h1-21H,22,28H2/q+1/b14-12+. The van der Waals surface area contributed by atoms with Crippen LogP contribution >= 0.6 is 7.26 Å². The Balaban J connectivity index is 1.87. The highest BCUT2D eigenvalue weighted by molar-refractivity contribution is 7.95. The van der Waals surface area contributed by atoms with Crippen molar-refractivity contribution in [2.45, 2.75) is 0 Å². The lowest BCUT2D eigenvalue weighted by atomic mass is 10.2. The zero-order valence-electron chi connectivity index (χ0n) is 16.4. The van der Waals surface area contributed by atoms with Gasteiger partial charge in [-0.2, -0.15) is 0 Å². The molecule has 0 amide bonds. The lowest BCUT2D eigenvalue weighted by Gasteiger charge is -2.26. The molecule has 0 saturated carbocycles. The fourth-order valence-corrected chi connectivity index (χ4v) is 7.80. The highest BCUT2D eigenvalue weighted by atomic mass is 31.2. The van der Waals surface area contributed by atoms with Crippen LogP contribution in [0.15, 0.2) is 121 Å². The van der Waals surface area contributed by atoms with Gasteiger partial charge in [0.25, 0.3) is 0 Å². The summed E-state index contributed by atoms with van der Waals surface area (Å²) in [5, 5.41) is 4.18. The number of nitrogens with two attached hydrogens (primary N) is 1. The summed E-state index contributed by atoms with van der Waals surface area (Å²) in [4.78, 5) is 0. The lowest BCUT2D eigenvalue weighted by Crippen LogP contribution is -2.32. The normalized spacial score (nSPS) is 11.6. The third-order valence-corrected chi connectivity index (χ3v) is 9.56. The maximum atomic E-state index is 6.16. The Morgan fingerprint density at radius 3 is 1.41 bits per heavy atom. The van der Waals surface area contributed by atoms with Gasteiger partial charge in [-0.1, -0.05) is 78.9 Å². The van der Waals surface area contributed by atoms with Crippen LogP contribution in [0.2, 0.25) is 0 Å². The summed E-state index contributed by atoms with van der Waals surface area (Å²) >= 11 is 0. The largest absolute Gasteiger partial charge is 0.398 e. The van der Waals surface area contributed by atoms with Gasteiger partial charge in [0, 0.05) is 5.69 Å².